The summed E-state index contributed by atoms with van der Waals surface area (Å²) in [4.78, 5) is 61.9. The number of hydrogen-bond acceptors (Lipinski definition) is 11. The molecule has 21 heteroatoms. The van der Waals surface area contributed by atoms with Crippen molar-refractivity contribution in [3.05, 3.63) is 27.3 Å². The van der Waals surface area contributed by atoms with Gasteiger partial charge in [0.2, 0.25) is 6.23 Å². The molecule has 2 heterocycles. The highest BCUT2D eigenvalue weighted by atomic mass is 31.3. The molecule has 0 aliphatic carbocycles. The first-order valence-corrected chi connectivity index (χ1v) is 11.7. The second kappa shape index (κ2) is 8.56. The molecule has 1 aliphatic heterocycles. The topological polar surface area (TPSA) is 279 Å². The second-order valence-corrected chi connectivity index (χ2v) is 9.79. The van der Waals surface area contributed by atoms with Crippen molar-refractivity contribution in [2.75, 3.05) is 6.61 Å². The zero-order valence-electron chi connectivity index (χ0n) is 13.7. The van der Waals surface area contributed by atoms with Gasteiger partial charge in [0, 0.05) is 0 Å². The number of rotatable bonds is 8. The number of aromatic nitrogens is 3. The molecule has 0 bridgehead atoms. The monoisotopic (exact) mass is 486 g/mol. The quantitative estimate of drug-likeness (QED) is 0.130. The number of H-pyrrole nitrogens is 2. The van der Waals surface area contributed by atoms with Crippen LogP contribution in [-0.2, 0) is 31.6 Å². The zero-order chi connectivity index (χ0) is 22.2. The molecule has 8 N–H and O–H groups in total. The van der Waals surface area contributed by atoms with Gasteiger partial charge in [-0.25, -0.2) is 28.3 Å². The number of phosphoric acid groups is 3. The van der Waals surface area contributed by atoms with Crippen LogP contribution in [0, 0.1) is 0 Å². The van der Waals surface area contributed by atoms with Gasteiger partial charge in [0.15, 0.2) is 6.33 Å². The van der Waals surface area contributed by atoms with Gasteiger partial charge in [0.05, 0.1) is 6.61 Å². The lowest BCUT2D eigenvalue weighted by molar-refractivity contribution is -0.782. The molecule has 166 valence electrons. The summed E-state index contributed by atoms with van der Waals surface area (Å²) in [5, 5.41) is 19.9. The van der Waals surface area contributed by atoms with Crippen molar-refractivity contribution in [1.82, 2.24) is 9.97 Å². The summed E-state index contributed by atoms with van der Waals surface area (Å²) in [5.41, 5.74) is -1.90. The highest BCUT2D eigenvalue weighted by Gasteiger charge is 2.48. The van der Waals surface area contributed by atoms with E-state index in [2.05, 4.69) is 18.1 Å². The fourth-order valence-corrected chi connectivity index (χ4v) is 5.17. The van der Waals surface area contributed by atoms with Crippen molar-refractivity contribution in [2.45, 2.75) is 24.5 Å². The van der Waals surface area contributed by atoms with E-state index >= 15 is 0 Å². The van der Waals surface area contributed by atoms with Gasteiger partial charge in [-0.3, -0.25) is 4.52 Å². The number of nitrogens with one attached hydrogen (secondary N) is 2. The molecule has 18 nitrogen and oxygen atoms in total. The Kier molecular flexibility index (Phi) is 7.14. The molecule has 0 radical (unpaired) electrons. The van der Waals surface area contributed by atoms with Gasteiger partial charge >= 0.3 is 34.8 Å². The third-order valence-electron chi connectivity index (χ3n) is 3.22. The maximum Gasteiger partial charge on any atom is 0.490 e. The molecular weight excluding hydrogens is 471 g/mol. The van der Waals surface area contributed by atoms with E-state index in [1.54, 1.807) is 0 Å². The maximum absolute atomic E-state index is 11.7. The van der Waals surface area contributed by atoms with Gasteiger partial charge in [-0.15, -0.1) is 0 Å². The van der Waals surface area contributed by atoms with Gasteiger partial charge in [0.25, 0.3) is 0 Å². The molecule has 29 heavy (non-hydrogen) atoms. The fourth-order valence-electron chi connectivity index (χ4n) is 2.14. The number of hydrogen-bond donors (Lipinski definition) is 8. The lowest BCUT2D eigenvalue weighted by atomic mass is 10.1. The van der Waals surface area contributed by atoms with E-state index in [1.807, 2.05) is 4.98 Å². The number of aliphatic hydroxyl groups excluding tert-OH is 2. The van der Waals surface area contributed by atoms with Crippen molar-refractivity contribution in [2.24, 2.45) is 0 Å². The zero-order valence-corrected chi connectivity index (χ0v) is 16.4. The highest BCUT2D eigenvalue weighted by molar-refractivity contribution is 7.66. The Balaban J connectivity index is 2.06. The predicted molar refractivity (Wildman–Crippen MR) is 83.6 cm³/mol. The Morgan fingerprint density at radius 3 is 2.21 bits per heavy atom. The molecule has 1 saturated heterocycles. The first kappa shape index (κ1) is 24.2. The van der Waals surface area contributed by atoms with Crippen molar-refractivity contribution in [3.63, 3.8) is 0 Å². The smallest absolute Gasteiger partial charge is 0.387 e. The van der Waals surface area contributed by atoms with Gasteiger partial charge in [-0.05, 0) is 0 Å². The summed E-state index contributed by atoms with van der Waals surface area (Å²) in [6, 6.07) is 0. The predicted octanol–water partition coefficient (Wildman–Crippen LogP) is -3.69. The Labute approximate surface area is 158 Å². The van der Waals surface area contributed by atoms with Crippen LogP contribution in [0.2, 0.25) is 0 Å². The summed E-state index contributed by atoms with van der Waals surface area (Å²) in [6.45, 7) is -1.06. The minimum absolute atomic E-state index is 0.653. The molecule has 1 aliphatic rings. The van der Waals surface area contributed by atoms with E-state index in [-0.39, 0.29) is 0 Å². The summed E-state index contributed by atoms with van der Waals surface area (Å²) >= 11 is 0. The maximum atomic E-state index is 11.7. The molecule has 1 aromatic heterocycles. The van der Waals surface area contributed by atoms with Gasteiger partial charge in [-0.2, -0.15) is 18.2 Å². The molecule has 1 aromatic rings. The van der Waals surface area contributed by atoms with E-state index in [4.69, 9.17) is 19.4 Å². The first-order valence-electron chi connectivity index (χ1n) is 7.13. The Hall–Kier alpha value is -1.10. The van der Waals surface area contributed by atoms with Crippen molar-refractivity contribution >= 4 is 23.5 Å². The molecule has 0 saturated carbocycles. The molecule has 0 spiro atoms. The van der Waals surface area contributed by atoms with Crippen LogP contribution in [0.3, 0.4) is 0 Å². The van der Waals surface area contributed by atoms with E-state index < -0.39 is 66.0 Å². The summed E-state index contributed by atoms with van der Waals surface area (Å²) in [7, 11) is -16.8. The van der Waals surface area contributed by atoms with Crippen LogP contribution in [0.5, 0.6) is 0 Å². The molecular formula is C8H15N3O15P3+. The van der Waals surface area contributed by atoms with E-state index in [0.29, 0.717) is 4.57 Å². The molecule has 2 rings (SSSR count). The minimum atomic E-state index is -5.73. The summed E-state index contributed by atoms with van der Waals surface area (Å²) < 4.78 is 50.5. The Morgan fingerprint density at radius 2 is 1.66 bits per heavy atom. The average molecular weight is 486 g/mol. The van der Waals surface area contributed by atoms with Crippen LogP contribution in [-0.4, -0.2) is 64.7 Å². The van der Waals surface area contributed by atoms with Gasteiger partial charge < -0.3 is 34.5 Å². The molecule has 6 atom stereocenters. The van der Waals surface area contributed by atoms with Crippen LogP contribution in [0.1, 0.15) is 6.23 Å². The van der Waals surface area contributed by atoms with E-state index in [1.165, 1.54) is 0 Å². The minimum Gasteiger partial charge on any atom is -0.387 e. The number of phosphoric ester groups is 1. The normalized spacial score (nSPS) is 29.3. The van der Waals surface area contributed by atoms with Crippen LogP contribution >= 0.6 is 23.5 Å². The standard InChI is InChI=1S/C8H14N3O15P3/c12-4-3(1-23-28(19,20)26-29(21,22)25-27(16,17)18)24-6(5(4)13)11-2-9-7(14)10-8(11)15/h2-6,12-13H,1H2,(H5,10,14,15,16,17,18,19,20,21,22)/p+1/t3-,4?,5+,6-/m1/s1. The number of ether oxygens (including phenoxy) is 1. The van der Waals surface area contributed by atoms with Crippen LogP contribution < -0.4 is 15.9 Å². The number of aromatic amines is 2. The number of nitrogens with zero attached hydrogens (tertiary/aromatic N) is 1. The lowest BCUT2D eigenvalue weighted by Crippen LogP contribution is -2.60. The van der Waals surface area contributed by atoms with Gasteiger partial charge in [0.1, 0.15) is 18.3 Å². The molecule has 1 fully saturated rings. The Morgan fingerprint density at radius 1 is 1.03 bits per heavy atom. The van der Waals surface area contributed by atoms with Crippen molar-refractivity contribution in [1.29, 1.82) is 0 Å². The van der Waals surface area contributed by atoms with Crippen molar-refractivity contribution in [3.8, 4) is 0 Å². The summed E-state index contributed by atoms with van der Waals surface area (Å²) in [6.07, 6.45) is -5.90. The second-order valence-electron chi connectivity index (χ2n) is 5.37. The average Bonchev–Trinajstić information content (AvgIpc) is 2.78. The molecule has 3 unspecified atom stereocenters. The third-order valence-corrected chi connectivity index (χ3v) is 7.02. The van der Waals surface area contributed by atoms with Gasteiger partial charge in [-0.1, -0.05) is 0 Å². The Bertz CT molecular complexity index is 999. The van der Waals surface area contributed by atoms with Crippen LogP contribution in [0.4, 0.5) is 0 Å². The van der Waals surface area contributed by atoms with Crippen LogP contribution in [0.15, 0.2) is 15.9 Å². The summed E-state index contributed by atoms with van der Waals surface area (Å²) in [5.74, 6) is 0. The fraction of sp³-hybridized carbons (Fsp3) is 0.625. The molecule has 0 aromatic carbocycles. The number of aliphatic hydroxyl groups is 2. The highest BCUT2D eigenvalue weighted by Crippen LogP contribution is 2.66. The van der Waals surface area contributed by atoms with Crippen molar-refractivity contribution < 1.29 is 65.9 Å². The molecule has 0 amide bonds. The van der Waals surface area contributed by atoms with E-state index in [9.17, 15) is 38.4 Å². The first-order chi connectivity index (χ1) is 13.1. The lowest BCUT2D eigenvalue weighted by Gasteiger charge is -2.18. The van der Waals surface area contributed by atoms with E-state index in [0.717, 1.165) is 6.33 Å². The van der Waals surface area contributed by atoms with Crippen LogP contribution in [0.25, 0.3) is 0 Å². The SMILES string of the molecule is O=c1[nH]c[n+]([C@@H]2O[C@H](COP(=O)(O)OP(=O)(O)OP(=O)(O)O)C(O)[C@@H]2O)c(=O)[nH]1. The largest absolute Gasteiger partial charge is 0.490 e. The third kappa shape index (κ3) is 6.70.